The molecular weight excluding hydrogens is 224 g/mol. The normalized spacial score (nSPS) is 10.6. The van der Waals surface area contributed by atoms with Crippen molar-refractivity contribution in [3.05, 3.63) is 29.8 Å². The number of rotatable bonds is 5. The number of fused-ring (bicyclic) bond motifs is 1. The van der Waals surface area contributed by atoms with Crippen LogP contribution in [0.15, 0.2) is 24.3 Å². The summed E-state index contributed by atoms with van der Waals surface area (Å²) in [5.41, 5.74) is 2.20. The zero-order valence-corrected chi connectivity index (χ0v) is 11.3. The fourth-order valence-corrected chi connectivity index (χ4v) is 2.16. The first-order valence-electron chi connectivity index (χ1n) is 6.50. The molecule has 1 heterocycles. The quantitative estimate of drug-likeness (QED) is 0.872. The fraction of sp³-hybridized carbons (Fsp3) is 0.400. The Morgan fingerprint density at radius 2 is 2.11 bits per heavy atom. The predicted molar refractivity (Wildman–Crippen MR) is 76.5 cm³/mol. The summed E-state index contributed by atoms with van der Waals surface area (Å²) in [4.78, 5) is 4.72. The van der Waals surface area contributed by atoms with E-state index in [2.05, 4.69) is 31.3 Å². The maximum Gasteiger partial charge on any atom is 0.145 e. The number of nitrogens with one attached hydrogen (secondary N) is 1. The van der Waals surface area contributed by atoms with E-state index < -0.39 is 0 Å². The number of aryl methyl sites for hydroxylation is 1. The van der Waals surface area contributed by atoms with Gasteiger partial charge in [0.2, 0.25) is 0 Å². The first-order chi connectivity index (χ1) is 8.80. The van der Waals surface area contributed by atoms with Gasteiger partial charge in [0.1, 0.15) is 17.1 Å². The van der Waals surface area contributed by atoms with Crippen LogP contribution >= 0.6 is 0 Å². The van der Waals surface area contributed by atoms with Gasteiger partial charge in [-0.15, -0.1) is 0 Å². The zero-order valence-electron chi connectivity index (χ0n) is 11.3. The van der Waals surface area contributed by atoms with Crippen LogP contribution in [0.3, 0.4) is 0 Å². The molecule has 18 heavy (non-hydrogen) atoms. The van der Waals surface area contributed by atoms with E-state index in [0.29, 0.717) is 0 Å². The Morgan fingerprint density at radius 3 is 2.78 bits per heavy atom. The van der Waals surface area contributed by atoms with Gasteiger partial charge in [0, 0.05) is 11.9 Å². The summed E-state index contributed by atoms with van der Waals surface area (Å²) in [6, 6.07) is 8.25. The highest BCUT2D eigenvalue weighted by Crippen LogP contribution is 2.28. The molecule has 3 heteroatoms. The number of pyridine rings is 1. The van der Waals surface area contributed by atoms with Crippen LogP contribution in [0.5, 0.6) is 5.75 Å². The van der Waals surface area contributed by atoms with Crippen molar-refractivity contribution in [2.75, 3.05) is 19.0 Å². The molecule has 0 saturated carbocycles. The van der Waals surface area contributed by atoms with Crippen molar-refractivity contribution in [1.82, 2.24) is 4.98 Å². The summed E-state index contributed by atoms with van der Waals surface area (Å²) >= 11 is 0. The fourth-order valence-electron chi connectivity index (χ4n) is 2.16. The maximum absolute atomic E-state index is 5.37. The van der Waals surface area contributed by atoms with Gasteiger partial charge >= 0.3 is 0 Å². The molecule has 1 N–H and O–H groups in total. The van der Waals surface area contributed by atoms with Crippen molar-refractivity contribution in [3.8, 4) is 5.75 Å². The molecule has 2 rings (SSSR count). The summed E-state index contributed by atoms with van der Waals surface area (Å²) < 4.78 is 5.37. The Balaban J connectivity index is 2.60. The topological polar surface area (TPSA) is 34.1 Å². The number of benzene rings is 1. The van der Waals surface area contributed by atoms with Crippen molar-refractivity contribution < 1.29 is 4.74 Å². The number of anilines is 1. The van der Waals surface area contributed by atoms with Crippen molar-refractivity contribution in [2.24, 2.45) is 0 Å². The largest absolute Gasteiger partial charge is 0.494 e. The van der Waals surface area contributed by atoms with Gasteiger partial charge in [-0.1, -0.05) is 25.5 Å². The molecule has 1 aromatic carbocycles. The predicted octanol–water partition coefficient (Wildman–Crippen LogP) is 3.63. The van der Waals surface area contributed by atoms with Crippen molar-refractivity contribution >= 4 is 16.7 Å². The Kier molecular flexibility index (Phi) is 4.03. The third-order valence-corrected chi connectivity index (χ3v) is 2.97. The van der Waals surface area contributed by atoms with E-state index in [0.717, 1.165) is 41.9 Å². The molecule has 2 aromatic rings. The average Bonchev–Trinajstić information content (AvgIpc) is 2.39. The molecule has 0 saturated heterocycles. The Hall–Kier alpha value is -1.77. The molecule has 96 valence electrons. The molecular formula is C15H20N2O. The van der Waals surface area contributed by atoms with E-state index in [4.69, 9.17) is 9.72 Å². The third-order valence-electron chi connectivity index (χ3n) is 2.97. The lowest BCUT2D eigenvalue weighted by atomic mass is 10.1. The monoisotopic (exact) mass is 244 g/mol. The van der Waals surface area contributed by atoms with Gasteiger partial charge in [0.05, 0.1) is 7.11 Å². The molecule has 0 aliphatic carbocycles. The van der Waals surface area contributed by atoms with E-state index in [1.54, 1.807) is 7.11 Å². The second kappa shape index (κ2) is 5.71. The lowest BCUT2D eigenvalue weighted by Gasteiger charge is -2.12. The molecule has 0 aliphatic rings. The standard InChI is InChI=1S/C15H20N2O/c1-4-7-12-10-11-8-6-9-13(18-3)14(11)17-15(12)16-5-2/h6,8-10H,4-5,7H2,1-3H3,(H,16,17). The minimum absolute atomic E-state index is 0.828. The molecule has 0 radical (unpaired) electrons. The molecule has 0 fully saturated rings. The van der Waals surface area contributed by atoms with Gasteiger partial charge in [-0.2, -0.15) is 0 Å². The first-order valence-corrected chi connectivity index (χ1v) is 6.50. The number of hydrogen-bond acceptors (Lipinski definition) is 3. The average molecular weight is 244 g/mol. The number of hydrogen-bond donors (Lipinski definition) is 1. The van der Waals surface area contributed by atoms with E-state index in [-0.39, 0.29) is 0 Å². The summed E-state index contributed by atoms with van der Waals surface area (Å²) in [7, 11) is 1.68. The van der Waals surface area contributed by atoms with Crippen LogP contribution in [0.2, 0.25) is 0 Å². The Morgan fingerprint density at radius 1 is 1.28 bits per heavy atom. The number of ether oxygens (including phenoxy) is 1. The van der Waals surface area contributed by atoms with Gasteiger partial charge in [-0.25, -0.2) is 4.98 Å². The van der Waals surface area contributed by atoms with Crippen LogP contribution in [0.25, 0.3) is 10.9 Å². The lowest BCUT2D eigenvalue weighted by Crippen LogP contribution is -2.04. The van der Waals surface area contributed by atoms with Gasteiger partial charge < -0.3 is 10.1 Å². The number of aromatic nitrogens is 1. The molecule has 0 atom stereocenters. The summed E-state index contributed by atoms with van der Waals surface area (Å²) in [5, 5.41) is 4.48. The molecule has 0 unspecified atom stereocenters. The SMILES string of the molecule is CCCc1cc2cccc(OC)c2nc1NCC. The van der Waals surface area contributed by atoms with E-state index in [1.807, 2.05) is 12.1 Å². The number of para-hydroxylation sites is 1. The third kappa shape index (κ3) is 2.40. The smallest absolute Gasteiger partial charge is 0.145 e. The van der Waals surface area contributed by atoms with Crippen molar-refractivity contribution in [1.29, 1.82) is 0 Å². The van der Waals surface area contributed by atoms with Crippen LogP contribution in [0, 0.1) is 0 Å². The summed E-state index contributed by atoms with van der Waals surface area (Å²) in [5.74, 6) is 1.81. The minimum atomic E-state index is 0.828. The van der Waals surface area contributed by atoms with Crippen LogP contribution in [0.4, 0.5) is 5.82 Å². The Bertz CT molecular complexity index is 537. The minimum Gasteiger partial charge on any atom is -0.494 e. The zero-order chi connectivity index (χ0) is 13.0. The summed E-state index contributed by atoms with van der Waals surface area (Å²) in [6.07, 6.45) is 2.16. The van der Waals surface area contributed by atoms with Crippen molar-refractivity contribution in [2.45, 2.75) is 26.7 Å². The van der Waals surface area contributed by atoms with Crippen LogP contribution in [-0.2, 0) is 6.42 Å². The van der Waals surface area contributed by atoms with Gasteiger partial charge in [0.15, 0.2) is 0 Å². The van der Waals surface area contributed by atoms with Gasteiger partial charge in [0.25, 0.3) is 0 Å². The van der Waals surface area contributed by atoms with E-state index >= 15 is 0 Å². The molecule has 0 spiro atoms. The Labute approximate surface area is 108 Å². The second-order valence-electron chi connectivity index (χ2n) is 4.31. The maximum atomic E-state index is 5.37. The molecule has 0 aliphatic heterocycles. The molecule has 0 bridgehead atoms. The highest BCUT2D eigenvalue weighted by atomic mass is 16.5. The van der Waals surface area contributed by atoms with Crippen molar-refractivity contribution in [3.63, 3.8) is 0 Å². The second-order valence-corrected chi connectivity index (χ2v) is 4.31. The highest BCUT2D eigenvalue weighted by molar-refractivity contribution is 5.87. The van der Waals surface area contributed by atoms with Gasteiger partial charge in [-0.3, -0.25) is 0 Å². The highest BCUT2D eigenvalue weighted by Gasteiger charge is 2.08. The summed E-state index contributed by atoms with van der Waals surface area (Å²) in [6.45, 7) is 5.15. The molecule has 0 amide bonds. The van der Waals surface area contributed by atoms with Crippen LogP contribution in [-0.4, -0.2) is 18.6 Å². The van der Waals surface area contributed by atoms with E-state index in [1.165, 1.54) is 5.56 Å². The van der Waals surface area contributed by atoms with Crippen LogP contribution in [0.1, 0.15) is 25.8 Å². The molecule has 1 aromatic heterocycles. The molecule has 3 nitrogen and oxygen atoms in total. The van der Waals surface area contributed by atoms with Gasteiger partial charge in [-0.05, 0) is 31.0 Å². The van der Waals surface area contributed by atoms with Crippen LogP contribution < -0.4 is 10.1 Å². The lowest BCUT2D eigenvalue weighted by molar-refractivity contribution is 0.419. The first kappa shape index (κ1) is 12.7. The number of nitrogens with zero attached hydrogens (tertiary/aromatic N) is 1. The van der Waals surface area contributed by atoms with E-state index in [9.17, 15) is 0 Å². The number of methoxy groups -OCH3 is 1.